The Labute approximate surface area is 174 Å². The van der Waals surface area contributed by atoms with Crippen LogP contribution >= 0.6 is 22.9 Å². The second kappa shape index (κ2) is 8.93. The van der Waals surface area contributed by atoms with Crippen molar-refractivity contribution in [3.05, 3.63) is 0 Å². The second-order valence-electron chi connectivity index (χ2n) is 9.65. The Hall–Kier alpha value is 0.570. The fraction of sp³-hybridized carbons (Fsp3) is 1.00. The molecule has 4 rings (SSSR count). The van der Waals surface area contributed by atoms with Crippen LogP contribution in [0.25, 0.3) is 0 Å². The average molecular weight is 475 g/mol. The normalized spacial score (nSPS) is 34.8. The number of halogens is 1. The van der Waals surface area contributed by atoms with E-state index in [2.05, 4.69) is 35.8 Å². The van der Waals surface area contributed by atoms with Crippen LogP contribution in [0.5, 0.6) is 0 Å². The molecule has 26 heavy (non-hydrogen) atoms. The Balaban J connectivity index is 1.12. The van der Waals surface area contributed by atoms with Crippen molar-refractivity contribution in [2.45, 2.75) is 57.5 Å². The van der Waals surface area contributed by atoms with Crippen molar-refractivity contribution in [1.82, 2.24) is 12.9 Å². The Bertz CT molecular complexity index is 431. The molecular formula is C21H38IN3O. The molecule has 4 nitrogen and oxygen atoms in total. The molecule has 1 aliphatic carbocycles. The molecule has 3 saturated heterocycles. The monoisotopic (exact) mass is 475 g/mol. The van der Waals surface area contributed by atoms with Crippen LogP contribution in [0.3, 0.4) is 0 Å². The van der Waals surface area contributed by atoms with E-state index < -0.39 is 0 Å². The van der Waals surface area contributed by atoms with Crippen molar-refractivity contribution in [2.75, 3.05) is 59.5 Å². The molecule has 150 valence electrons. The van der Waals surface area contributed by atoms with Crippen LogP contribution in [-0.4, -0.2) is 78.5 Å². The Morgan fingerprint density at radius 3 is 1.96 bits per heavy atom. The zero-order valence-electron chi connectivity index (χ0n) is 16.7. The van der Waals surface area contributed by atoms with Gasteiger partial charge in [0.1, 0.15) is 0 Å². The topological polar surface area (TPSA) is 19.0 Å². The van der Waals surface area contributed by atoms with Crippen molar-refractivity contribution >= 4 is 22.9 Å². The average Bonchev–Trinajstić information content (AvgIpc) is 2.64. The van der Waals surface area contributed by atoms with Gasteiger partial charge in [0.15, 0.2) is 0 Å². The third kappa shape index (κ3) is 4.94. The van der Waals surface area contributed by atoms with Gasteiger partial charge in [-0.2, -0.15) is 0 Å². The smallest absolute Gasteiger partial charge is 0.0577 e. The maximum atomic E-state index is 5.43. The van der Waals surface area contributed by atoms with Crippen LogP contribution in [0.4, 0.5) is 0 Å². The van der Waals surface area contributed by atoms with Crippen LogP contribution in [0.1, 0.15) is 51.4 Å². The summed E-state index contributed by atoms with van der Waals surface area (Å²) in [4.78, 5) is 5.53. The predicted molar refractivity (Wildman–Crippen MR) is 116 cm³/mol. The summed E-state index contributed by atoms with van der Waals surface area (Å²) in [6.07, 6.45) is 11.8. The molecule has 4 fully saturated rings. The fourth-order valence-corrected chi connectivity index (χ4v) is 6.24. The van der Waals surface area contributed by atoms with Gasteiger partial charge in [0.05, 0.1) is 6.10 Å². The lowest BCUT2D eigenvalue weighted by Crippen LogP contribution is -2.47. The molecule has 3 aliphatic heterocycles. The van der Waals surface area contributed by atoms with Gasteiger partial charge in [-0.05, 0) is 94.8 Å². The molecule has 0 aromatic heterocycles. The molecule has 5 heteroatoms. The van der Waals surface area contributed by atoms with E-state index in [0.29, 0.717) is 11.5 Å². The number of ether oxygens (including phenoxy) is 1. The molecule has 0 aromatic rings. The Morgan fingerprint density at radius 2 is 1.35 bits per heavy atom. The molecule has 0 radical (unpaired) electrons. The van der Waals surface area contributed by atoms with Crippen LogP contribution in [0.15, 0.2) is 0 Å². The first-order valence-electron chi connectivity index (χ1n) is 11.0. The zero-order valence-corrected chi connectivity index (χ0v) is 18.8. The summed E-state index contributed by atoms with van der Waals surface area (Å²) >= 11 is 2.51. The summed E-state index contributed by atoms with van der Waals surface area (Å²) < 4.78 is 7.92. The van der Waals surface area contributed by atoms with Gasteiger partial charge >= 0.3 is 0 Å². The fourth-order valence-electron chi connectivity index (χ4n) is 5.76. The lowest BCUT2D eigenvalue weighted by molar-refractivity contribution is -0.0154. The number of hydrogen-bond donors (Lipinski definition) is 0. The second-order valence-corrected chi connectivity index (χ2v) is 11.0. The van der Waals surface area contributed by atoms with Crippen LogP contribution in [0.2, 0.25) is 0 Å². The minimum absolute atomic E-state index is 0.559. The minimum atomic E-state index is 0.559. The highest BCUT2D eigenvalue weighted by Crippen LogP contribution is 2.42. The van der Waals surface area contributed by atoms with Gasteiger partial charge in [0.2, 0.25) is 0 Å². The first-order valence-corrected chi connectivity index (χ1v) is 12.0. The standard InChI is InChI=1S/C21H38IN3O/c1-26-20-14-19(15-20)17-23-8-2-18(3-9-23)16-24-10-4-21(5-11-24)6-12-25(22)13-7-21/h18-20H,2-17H2,1H3/t19-,20-. The molecule has 0 amide bonds. The van der Waals surface area contributed by atoms with Gasteiger partial charge in [0, 0.05) is 56.2 Å². The molecule has 3 heterocycles. The van der Waals surface area contributed by atoms with Gasteiger partial charge in [-0.15, -0.1) is 0 Å². The molecular weight excluding hydrogens is 437 g/mol. The Morgan fingerprint density at radius 1 is 0.808 bits per heavy atom. The van der Waals surface area contributed by atoms with Crippen LogP contribution in [0, 0.1) is 17.3 Å². The Kier molecular flexibility index (Phi) is 6.83. The number of hydrogen-bond acceptors (Lipinski definition) is 4. The highest BCUT2D eigenvalue weighted by molar-refractivity contribution is 14.1. The third-order valence-corrected chi connectivity index (χ3v) is 8.92. The largest absolute Gasteiger partial charge is 0.381 e. The van der Waals surface area contributed by atoms with E-state index in [-0.39, 0.29) is 0 Å². The summed E-state index contributed by atoms with van der Waals surface area (Å²) in [6, 6.07) is 0. The highest BCUT2D eigenvalue weighted by Gasteiger charge is 2.38. The SMILES string of the molecule is CO[C@H]1C[C@H](CN2CCC(CN3CCC4(CCN(I)CC4)CC3)CC2)C1. The maximum Gasteiger partial charge on any atom is 0.0577 e. The number of methoxy groups -OCH3 is 1. The first-order chi connectivity index (χ1) is 12.6. The molecule has 0 bridgehead atoms. The van der Waals surface area contributed by atoms with E-state index >= 15 is 0 Å². The molecule has 4 aliphatic rings. The summed E-state index contributed by atoms with van der Waals surface area (Å²) in [6.45, 7) is 10.7. The lowest BCUT2D eigenvalue weighted by Gasteiger charge is -2.47. The molecule has 0 aromatic carbocycles. The highest BCUT2D eigenvalue weighted by atomic mass is 127. The summed E-state index contributed by atoms with van der Waals surface area (Å²) in [5.41, 5.74) is 0.699. The summed E-state index contributed by atoms with van der Waals surface area (Å²) in [7, 11) is 1.86. The number of piperidine rings is 3. The van der Waals surface area contributed by atoms with Gasteiger partial charge < -0.3 is 14.5 Å². The summed E-state index contributed by atoms with van der Waals surface area (Å²) in [5.74, 6) is 1.85. The quantitative estimate of drug-likeness (QED) is 0.447. The van der Waals surface area contributed by atoms with E-state index in [0.717, 1.165) is 11.8 Å². The van der Waals surface area contributed by atoms with Crippen molar-refractivity contribution in [3.8, 4) is 0 Å². The van der Waals surface area contributed by atoms with Crippen molar-refractivity contribution in [2.24, 2.45) is 17.3 Å². The van der Waals surface area contributed by atoms with Gasteiger partial charge in [-0.1, -0.05) is 0 Å². The molecule has 1 spiro atoms. The van der Waals surface area contributed by atoms with Crippen LogP contribution in [-0.2, 0) is 4.74 Å². The number of nitrogens with zero attached hydrogens (tertiary/aromatic N) is 3. The lowest BCUT2D eigenvalue weighted by atomic mass is 9.71. The van der Waals surface area contributed by atoms with Gasteiger partial charge in [-0.25, -0.2) is 3.11 Å². The minimum Gasteiger partial charge on any atom is -0.381 e. The van der Waals surface area contributed by atoms with E-state index in [1.807, 2.05) is 7.11 Å². The zero-order chi connectivity index (χ0) is 18.0. The number of likely N-dealkylation sites (tertiary alicyclic amines) is 2. The van der Waals surface area contributed by atoms with Crippen LogP contribution < -0.4 is 0 Å². The third-order valence-electron chi connectivity index (χ3n) is 7.95. The van der Waals surface area contributed by atoms with E-state index in [1.165, 1.54) is 104 Å². The number of rotatable bonds is 5. The van der Waals surface area contributed by atoms with Crippen molar-refractivity contribution in [3.63, 3.8) is 0 Å². The predicted octanol–water partition coefficient (Wildman–Crippen LogP) is 3.65. The van der Waals surface area contributed by atoms with E-state index in [9.17, 15) is 0 Å². The molecule has 1 saturated carbocycles. The molecule has 0 atom stereocenters. The van der Waals surface area contributed by atoms with Crippen molar-refractivity contribution < 1.29 is 4.74 Å². The van der Waals surface area contributed by atoms with Gasteiger partial charge in [0.25, 0.3) is 0 Å². The summed E-state index contributed by atoms with van der Waals surface area (Å²) in [5, 5.41) is 0. The first kappa shape index (κ1) is 19.9. The molecule has 0 N–H and O–H groups in total. The maximum absolute atomic E-state index is 5.43. The van der Waals surface area contributed by atoms with Crippen molar-refractivity contribution in [1.29, 1.82) is 0 Å². The van der Waals surface area contributed by atoms with E-state index in [4.69, 9.17) is 4.74 Å². The van der Waals surface area contributed by atoms with Gasteiger partial charge in [-0.3, -0.25) is 0 Å². The molecule has 0 unspecified atom stereocenters. The van der Waals surface area contributed by atoms with E-state index in [1.54, 1.807) is 0 Å².